The molecule has 2 N–H and O–H groups in total. The fraction of sp³-hybridized carbons (Fsp3) is 0.267. The molecule has 0 saturated carbocycles. The summed E-state index contributed by atoms with van der Waals surface area (Å²) < 4.78 is 13.8. The number of rotatable bonds is 5. The van der Waals surface area contributed by atoms with Crippen molar-refractivity contribution < 1.29 is 19.1 Å². The van der Waals surface area contributed by atoms with E-state index in [0.717, 1.165) is 11.3 Å². The van der Waals surface area contributed by atoms with E-state index in [2.05, 4.69) is 10.3 Å². The third-order valence-corrected chi connectivity index (χ3v) is 4.13. The van der Waals surface area contributed by atoms with Crippen molar-refractivity contribution in [3.8, 4) is 0 Å². The Bertz CT molecular complexity index is 712. The Labute approximate surface area is 130 Å². The van der Waals surface area contributed by atoms with Gasteiger partial charge in [-0.3, -0.25) is 4.79 Å². The number of thiazole rings is 1. The predicted molar refractivity (Wildman–Crippen MR) is 80.3 cm³/mol. The van der Waals surface area contributed by atoms with E-state index in [-0.39, 0.29) is 18.1 Å². The summed E-state index contributed by atoms with van der Waals surface area (Å²) in [6, 6.07) is 6.12. The molecule has 0 spiro atoms. The van der Waals surface area contributed by atoms with Gasteiger partial charge in [-0.05, 0) is 19.9 Å². The van der Waals surface area contributed by atoms with Gasteiger partial charge in [-0.2, -0.15) is 0 Å². The molecule has 116 valence electrons. The maximum atomic E-state index is 13.8. The van der Waals surface area contributed by atoms with Gasteiger partial charge < -0.3 is 10.4 Å². The van der Waals surface area contributed by atoms with E-state index in [9.17, 15) is 14.0 Å². The summed E-state index contributed by atoms with van der Waals surface area (Å²) in [5.41, 5.74) is -0.793. The van der Waals surface area contributed by atoms with Crippen LogP contribution in [-0.2, 0) is 16.8 Å². The maximum absolute atomic E-state index is 13.8. The Kier molecular flexibility index (Phi) is 4.56. The third kappa shape index (κ3) is 3.30. The molecule has 0 bridgehead atoms. The standard InChI is InChI=1S/C15H15FN2O3S/c1-15(2,9-5-3-4-6-10(9)16)14(21)17-7-12-18-11(8-22-12)13(19)20/h3-6,8H,7H2,1-2H3,(H,17,21)(H,19,20). The van der Waals surface area contributed by atoms with E-state index in [1.54, 1.807) is 32.0 Å². The first-order valence-corrected chi connectivity index (χ1v) is 7.41. The maximum Gasteiger partial charge on any atom is 0.355 e. The molecular formula is C15H15FN2O3S. The van der Waals surface area contributed by atoms with Crippen LogP contribution in [0.3, 0.4) is 0 Å². The first-order valence-electron chi connectivity index (χ1n) is 6.53. The summed E-state index contributed by atoms with van der Waals surface area (Å²) in [6.45, 7) is 3.37. The molecular weight excluding hydrogens is 307 g/mol. The van der Waals surface area contributed by atoms with Crippen LogP contribution in [0.2, 0.25) is 0 Å². The number of hydrogen-bond donors (Lipinski definition) is 2. The second kappa shape index (κ2) is 6.23. The summed E-state index contributed by atoms with van der Waals surface area (Å²) in [7, 11) is 0. The van der Waals surface area contributed by atoms with Crippen LogP contribution in [0, 0.1) is 5.82 Å². The molecule has 1 amide bonds. The van der Waals surface area contributed by atoms with Gasteiger partial charge in [-0.25, -0.2) is 14.2 Å². The molecule has 0 radical (unpaired) electrons. The van der Waals surface area contributed by atoms with Gasteiger partial charge in [-0.15, -0.1) is 11.3 Å². The van der Waals surface area contributed by atoms with E-state index in [1.807, 2.05) is 0 Å². The first-order chi connectivity index (χ1) is 10.3. The number of carbonyl (C=O) groups excluding carboxylic acids is 1. The highest BCUT2D eigenvalue weighted by molar-refractivity contribution is 7.09. The molecule has 0 atom stereocenters. The Morgan fingerprint density at radius 1 is 1.36 bits per heavy atom. The Balaban J connectivity index is 2.07. The SMILES string of the molecule is CC(C)(C(=O)NCc1nc(C(=O)O)cs1)c1ccccc1F. The van der Waals surface area contributed by atoms with Gasteiger partial charge in [0.1, 0.15) is 10.8 Å². The van der Waals surface area contributed by atoms with Crippen molar-refractivity contribution >= 4 is 23.2 Å². The third-order valence-electron chi connectivity index (χ3n) is 3.29. The largest absolute Gasteiger partial charge is 0.476 e. The van der Waals surface area contributed by atoms with Crippen molar-refractivity contribution in [2.75, 3.05) is 0 Å². The van der Waals surface area contributed by atoms with E-state index in [1.165, 1.54) is 11.4 Å². The number of nitrogens with one attached hydrogen (secondary N) is 1. The minimum atomic E-state index is -1.11. The molecule has 0 unspecified atom stereocenters. The van der Waals surface area contributed by atoms with Crippen LogP contribution in [0.5, 0.6) is 0 Å². The number of aromatic carboxylic acids is 1. The number of amides is 1. The average molecular weight is 322 g/mol. The highest BCUT2D eigenvalue weighted by Crippen LogP contribution is 2.26. The zero-order valence-electron chi connectivity index (χ0n) is 12.1. The summed E-state index contributed by atoms with van der Waals surface area (Å²) in [5.74, 6) is -1.91. The summed E-state index contributed by atoms with van der Waals surface area (Å²) in [6.07, 6.45) is 0. The molecule has 1 heterocycles. The van der Waals surface area contributed by atoms with Gasteiger partial charge in [0.05, 0.1) is 12.0 Å². The number of carboxylic acid groups (broad SMARTS) is 1. The number of nitrogens with zero attached hydrogens (tertiary/aromatic N) is 1. The van der Waals surface area contributed by atoms with E-state index >= 15 is 0 Å². The predicted octanol–water partition coefficient (Wildman–Crippen LogP) is 2.57. The molecule has 2 aromatic rings. The van der Waals surface area contributed by atoms with Gasteiger partial charge >= 0.3 is 5.97 Å². The lowest BCUT2D eigenvalue weighted by Gasteiger charge is -2.24. The zero-order chi connectivity index (χ0) is 16.3. The van der Waals surface area contributed by atoms with Crippen molar-refractivity contribution in [1.82, 2.24) is 10.3 Å². The minimum Gasteiger partial charge on any atom is -0.476 e. The lowest BCUT2D eigenvalue weighted by molar-refractivity contribution is -0.125. The van der Waals surface area contributed by atoms with Gasteiger partial charge in [0.2, 0.25) is 5.91 Å². The van der Waals surface area contributed by atoms with E-state index < -0.39 is 17.2 Å². The quantitative estimate of drug-likeness (QED) is 0.887. The van der Waals surface area contributed by atoms with Gasteiger partial charge in [0, 0.05) is 10.9 Å². The fourth-order valence-electron chi connectivity index (χ4n) is 1.96. The lowest BCUT2D eigenvalue weighted by atomic mass is 9.83. The topological polar surface area (TPSA) is 79.3 Å². The number of benzene rings is 1. The number of halogens is 1. The Morgan fingerprint density at radius 3 is 2.64 bits per heavy atom. The second-order valence-corrected chi connectivity index (χ2v) is 6.16. The van der Waals surface area contributed by atoms with Crippen LogP contribution in [0.25, 0.3) is 0 Å². The lowest BCUT2D eigenvalue weighted by Crippen LogP contribution is -2.40. The van der Waals surface area contributed by atoms with Crippen molar-refractivity contribution in [3.05, 3.63) is 51.7 Å². The summed E-state index contributed by atoms with van der Waals surface area (Å²) >= 11 is 1.15. The highest BCUT2D eigenvalue weighted by atomic mass is 32.1. The van der Waals surface area contributed by atoms with Crippen LogP contribution >= 0.6 is 11.3 Å². The molecule has 0 fully saturated rings. The summed E-state index contributed by atoms with van der Waals surface area (Å²) in [5, 5.41) is 13.4. The van der Waals surface area contributed by atoms with Crippen molar-refractivity contribution in [2.45, 2.75) is 25.8 Å². The van der Waals surface area contributed by atoms with Crippen LogP contribution in [0.1, 0.15) is 34.9 Å². The highest BCUT2D eigenvalue weighted by Gasteiger charge is 2.32. The summed E-state index contributed by atoms with van der Waals surface area (Å²) in [4.78, 5) is 26.9. The molecule has 0 saturated heterocycles. The molecule has 0 aliphatic rings. The van der Waals surface area contributed by atoms with Crippen LogP contribution < -0.4 is 5.32 Å². The Hall–Kier alpha value is -2.28. The van der Waals surface area contributed by atoms with Gasteiger partial charge in [-0.1, -0.05) is 18.2 Å². The first kappa shape index (κ1) is 16.1. The molecule has 1 aromatic carbocycles. The fourth-order valence-corrected chi connectivity index (χ4v) is 2.67. The van der Waals surface area contributed by atoms with E-state index in [4.69, 9.17) is 5.11 Å². The average Bonchev–Trinajstić information content (AvgIpc) is 2.94. The smallest absolute Gasteiger partial charge is 0.355 e. The molecule has 22 heavy (non-hydrogen) atoms. The zero-order valence-corrected chi connectivity index (χ0v) is 12.9. The van der Waals surface area contributed by atoms with Crippen LogP contribution in [0.15, 0.2) is 29.6 Å². The number of carbonyl (C=O) groups is 2. The second-order valence-electron chi connectivity index (χ2n) is 5.22. The Morgan fingerprint density at radius 2 is 2.05 bits per heavy atom. The molecule has 0 aliphatic carbocycles. The van der Waals surface area contributed by atoms with Crippen molar-refractivity contribution in [2.24, 2.45) is 0 Å². The van der Waals surface area contributed by atoms with Crippen LogP contribution in [-0.4, -0.2) is 22.0 Å². The van der Waals surface area contributed by atoms with Gasteiger partial charge in [0.15, 0.2) is 5.69 Å². The molecule has 7 heteroatoms. The normalized spacial score (nSPS) is 11.2. The van der Waals surface area contributed by atoms with Crippen molar-refractivity contribution in [1.29, 1.82) is 0 Å². The number of hydrogen-bond acceptors (Lipinski definition) is 4. The number of aromatic nitrogens is 1. The van der Waals surface area contributed by atoms with E-state index in [0.29, 0.717) is 10.6 Å². The molecule has 5 nitrogen and oxygen atoms in total. The number of carboxylic acids is 1. The van der Waals surface area contributed by atoms with Gasteiger partial charge in [0.25, 0.3) is 0 Å². The molecule has 0 aliphatic heterocycles. The minimum absolute atomic E-state index is 0.0531. The molecule has 2 rings (SSSR count). The van der Waals surface area contributed by atoms with Crippen molar-refractivity contribution in [3.63, 3.8) is 0 Å². The van der Waals surface area contributed by atoms with Crippen LogP contribution in [0.4, 0.5) is 4.39 Å². The molecule has 1 aromatic heterocycles. The monoisotopic (exact) mass is 322 g/mol.